The van der Waals surface area contributed by atoms with Crippen molar-refractivity contribution in [3.05, 3.63) is 16.6 Å². The molecule has 0 aliphatic carbocycles. The molecule has 1 heterocycles. The van der Waals surface area contributed by atoms with E-state index in [0.29, 0.717) is 35.5 Å². The van der Waals surface area contributed by atoms with Crippen LogP contribution in [0.2, 0.25) is 0 Å². The lowest BCUT2D eigenvalue weighted by Crippen LogP contribution is -2.34. The Hall–Kier alpha value is -0.830. The van der Waals surface area contributed by atoms with E-state index in [1.54, 1.807) is 6.07 Å². The smallest absolute Gasteiger partial charge is 0.246 e. The fraction of sp³-hybridized carbons (Fsp3) is 0.538. The predicted molar refractivity (Wildman–Crippen MR) is 86.0 cm³/mol. The number of hydrogen-bond donors (Lipinski definition) is 1. The predicted octanol–water partition coefficient (Wildman–Crippen LogP) is 1.37. The molecule has 0 bridgehead atoms. The Morgan fingerprint density at radius 3 is 2.62 bits per heavy atom. The summed E-state index contributed by atoms with van der Waals surface area (Å²) in [5.74, 6) is 0.300. The van der Waals surface area contributed by atoms with Gasteiger partial charge in [-0.3, -0.25) is 0 Å². The summed E-state index contributed by atoms with van der Waals surface area (Å²) in [7, 11) is -0.164. The van der Waals surface area contributed by atoms with Crippen LogP contribution in [0.4, 0.5) is 5.69 Å². The Morgan fingerprint density at radius 2 is 1.95 bits per heavy atom. The maximum absolute atomic E-state index is 12.8. The number of anilines is 1. The summed E-state index contributed by atoms with van der Waals surface area (Å²) < 4.78 is 33.0. The number of methoxy groups -OCH3 is 1. The van der Waals surface area contributed by atoms with E-state index in [-0.39, 0.29) is 4.90 Å². The second-order valence-corrected chi connectivity index (χ2v) is 7.85. The first kappa shape index (κ1) is 16.5. The average Bonchev–Trinajstić information content (AvgIpc) is 2.66. The first-order valence-corrected chi connectivity index (χ1v) is 8.91. The van der Waals surface area contributed by atoms with Gasteiger partial charge in [-0.05, 0) is 48.1 Å². The summed E-state index contributed by atoms with van der Waals surface area (Å²) in [5.41, 5.74) is 6.21. The second-order valence-electron chi connectivity index (χ2n) is 5.09. The number of nitrogens with two attached hydrogens (primary N) is 1. The van der Waals surface area contributed by atoms with Gasteiger partial charge in [-0.25, -0.2) is 8.42 Å². The number of likely N-dealkylation sites (N-methyl/N-ethyl adjacent to an activating group) is 1. The van der Waals surface area contributed by atoms with E-state index in [4.69, 9.17) is 10.5 Å². The van der Waals surface area contributed by atoms with Gasteiger partial charge in [0.2, 0.25) is 10.0 Å². The maximum Gasteiger partial charge on any atom is 0.246 e. The summed E-state index contributed by atoms with van der Waals surface area (Å²) in [5, 5.41) is 0. The minimum Gasteiger partial charge on any atom is -0.495 e. The van der Waals surface area contributed by atoms with Crippen LogP contribution in [0.1, 0.15) is 6.42 Å². The highest BCUT2D eigenvalue weighted by atomic mass is 79.9. The van der Waals surface area contributed by atoms with Crippen LogP contribution >= 0.6 is 15.9 Å². The molecule has 0 aromatic heterocycles. The lowest BCUT2D eigenvalue weighted by molar-refractivity contribution is 0.346. The molecule has 118 valence electrons. The number of sulfonamides is 1. The molecule has 0 radical (unpaired) electrons. The molecular weight excluding hydrogens is 358 g/mol. The van der Waals surface area contributed by atoms with Gasteiger partial charge in [0.15, 0.2) is 0 Å². The lowest BCUT2D eigenvalue weighted by Gasteiger charge is -2.22. The van der Waals surface area contributed by atoms with Gasteiger partial charge < -0.3 is 15.4 Å². The molecule has 0 atom stereocenters. The van der Waals surface area contributed by atoms with Crippen LogP contribution in [0.5, 0.6) is 5.75 Å². The van der Waals surface area contributed by atoms with E-state index in [1.165, 1.54) is 17.5 Å². The largest absolute Gasteiger partial charge is 0.495 e. The Kier molecular flexibility index (Phi) is 5.13. The van der Waals surface area contributed by atoms with Crippen LogP contribution in [0.25, 0.3) is 0 Å². The van der Waals surface area contributed by atoms with Crippen LogP contribution in [0.15, 0.2) is 21.5 Å². The average molecular weight is 378 g/mol. The van der Waals surface area contributed by atoms with Crippen molar-refractivity contribution >= 4 is 31.6 Å². The van der Waals surface area contributed by atoms with Gasteiger partial charge in [-0.1, -0.05) is 0 Å². The number of hydrogen-bond acceptors (Lipinski definition) is 5. The van der Waals surface area contributed by atoms with Crippen molar-refractivity contribution < 1.29 is 13.2 Å². The molecule has 0 spiro atoms. The molecule has 2 rings (SSSR count). The van der Waals surface area contributed by atoms with Crippen LogP contribution in [0.3, 0.4) is 0 Å². The molecule has 1 aromatic rings. The zero-order valence-corrected chi connectivity index (χ0v) is 14.6. The molecule has 1 aliphatic heterocycles. The molecular formula is C13H20BrN3O3S. The third kappa shape index (κ3) is 3.50. The quantitative estimate of drug-likeness (QED) is 0.804. The van der Waals surface area contributed by atoms with Crippen LogP contribution < -0.4 is 10.5 Å². The van der Waals surface area contributed by atoms with Crippen molar-refractivity contribution in [2.24, 2.45) is 0 Å². The zero-order valence-electron chi connectivity index (χ0n) is 12.2. The minimum absolute atomic E-state index is 0.121. The number of halogens is 1. The van der Waals surface area contributed by atoms with Gasteiger partial charge in [-0.15, -0.1) is 0 Å². The Labute approximate surface area is 134 Å². The minimum atomic E-state index is -3.61. The third-order valence-corrected chi connectivity index (χ3v) is 6.19. The molecule has 0 unspecified atom stereocenters. The van der Waals surface area contributed by atoms with Gasteiger partial charge in [0, 0.05) is 29.8 Å². The van der Waals surface area contributed by atoms with Gasteiger partial charge in [0.1, 0.15) is 10.6 Å². The van der Waals surface area contributed by atoms with Gasteiger partial charge in [-0.2, -0.15) is 4.31 Å². The molecule has 21 heavy (non-hydrogen) atoms. The van der Waals surface area contributed by atoms with Gasteiger partial charge in [0.05, 0.1) is 7.11 Å². The second kappa shape index (κ2) is 6.51. The highest BCUT2D eigenvalue weighted by molar-refractivity contribution is 9.10. The molecule has 8 heteroatoms. The van der Waals surface area contributed by atoms with Crippen LogP contribution in [0, 0.1) is 0 Å². The van der Waals surface area contributed by atoms with Crippen LogP contribution in [-0.4, -0.2) is 58.0 Å². The summed E-state index contributed by atoms with van der Waals surface area (Å²) >= 11 is 3.28. The molecule has 0 saturated carbocycles. The van der Waals surface area contributed by atoms with Crippen molar-refractivity contribution in [3.8, 4) is 5.75 Å². The molecule has 1 fully saturated rings. The Morgan fingerprint density at radius 1 is 1.24 bits per heavy atom. The van der Waals surface area contributed by atoms with Gasteiger partial charge in [0.25, 0.3) is 0 Å². The molecule has 2 N–H and O–H groups in total. The van der Waals surface area contributed by atoms with Gasteiger partial charge >= 0.3 is 0 Å². The first-order valence-electron chi connectivity index (χ1n) is 6.68. The van der Waals surface area contributed by atoms with Crippen molar-refractivity contribution in [1.29, 1.82) is 0 Å². The van der Waals surface area contributed by atoms with E-state index in [9.17, 15) is 8.42 Å². The van der Waals surface area contributed by atoms with Crippen molar-refractivity contribution in [1.82, 2.24) is 9.21 Å². The molecule has 1 aliphatic rings. The van der Waals surface area contributed by atoms with E-state index in [2.05, 4.69) is 20.8 Å². The summed E-state index contributed by atoms with van der Waals surface area (Å²) in [4.78, 5) is 2.25. The highest BCUT2D eigenvalue weighted by Crippen LogP contribution is 2.34. The summed E-state index contributed by atoms with van der Waals surface area (Å²) in [6, 6.07) is 3.04. The van der Waals surface area contributed by atoms with E-state index < -0.39 is 10.0 Å². The van der Waals surface area contributed by atoms with E-state index in [0.717, 1.165) is 13.0 Å². The van der Waals surface area contributed by atoms with Crippen molar-refractivity contribution in [2.75, 3.05) is 46.1 Å². The fourth-order valence-corrected chi connectivity index (χ4v) is 4.28. The lowest BCUT2D eigenvalue weighted by atomic mass is 10.3. The van der Waals surface area contributed by atoms with E-state index in [1.807, 2.05) is 7.05 Å². The third-order valence-electron chi connectivity index (χ3n) is 3.58. The first-order chi connectivity index (χ1) is 9.86. The van der Waals surface area contributed by atoms with Crippen molar-refractivity contribution in [3.63, 3.8) is 0 Å². The maximum atomic E-state index is 12.8. The highest BCUT2D eigenvalue weighted by Gasteiger charge is 2.29. The van der Waals surface area contributed by atoms with E-state index >= 15 is 0 Å². The number of benzene rings is 1. The molecule has 0 amide bonds. The molecule has 1 saturated heterocycles. The summed E-state index contributed by atoms with van der Waals surface area (Å²) in [6.45, 7) is 2.59. The monoisotopic (exact) mass is 377 g/mol. The molecule has 1 aromatic carbocycles. The normalized spacial score (nSPS) is 18.4. The zero-order chi connectivity index (χ0) is 15.6. The standard InChI is InChI=1S/C13H20BrN3O3S/c1-16-4-3-5-17(7-6-16)21(18,19)13-9-11(15)10(14)8-12(13)20-2/h8-9H,3-7,15H2,1-2H3. The fourth-order valence-electron chi connectivity index (χ4n) is 2.31. The number of nitrogen functional groups attached to an aromatic ring is 1. The molecule has 6 nitrogen and oxygen atoms in total. The number of rotatable bonds is 3. The van der Waals surface area contributed by atoms with Crippen LogP contribution in [-0.2, 0) is 10.0 Å². The van der Waals surface area contributed by atoms with Crippen molar-refractivity contribution in [2.45, 2.75) is 11.3 Å². The SMILES string of the molecule is COc1cc(Br)c(N)cc1S(=O)(=O)N1CCCN(C)CC1. The Bertz CT molecular complexity index is 621. The number of ether oxygens (including phenoxy) is 1. The summed E-state index contributed by atoms with van der Waals surface area (Å²) in [6.07, 6.45) is 0.810. The topological polar surface area (TPSA) is 75.9 Å². The number of nitrogens with zero attached hydrogens (tertiary/aromatic N) is 2. The Balaban J connectivity index is 2.41.